The largest absolute Gasteiger partial charge is 0.379 e. The summed E-state index contributed by atoms with van der Waals surface area (Å²) in [5.41, 5.74) is 6.02. The van der Waals surface area contributed by atoms with Gasteiger partial charge in [-0.3, -0.25) is 0 Å². The molecule has 0 saturated carbocycles. The molecule has 3 atom stereocenters. The van der Waals surface area contributed by atoms with Crippen LogP contribution in [0.15, 0.2) is 0 Å². The summed E-state index contributed by atoms with van der Waals surface area (Å²) >= 11 is 0. The molecule has 0 bridgehead atoms. The third kappa shape index (κ3) is 2.91. The van der Waals surface area contributed by atoms with E-state index in [0.717, 1.165) is 32.7 Å². The fraction of sp³-hybridized carbons (Fsp3) is 1.00. The van der Waals surface area contributed by atoms with Crippen molar-refractivity contribution in [2.75, 3.05) is 32.9 Å². The molecular weight excluding hydrogens is 192 g/mol. The highest BCUT2D eigenvalue weighted by Gasteiger charge is 2.31. The van der Waals surface area contributed by atoms with Gasteiger partial charge in [-0.05, 0) is 25.7 Å². The highest BCUT2D eigenvalue weighted by atomic mass is 16.5. The number of nitrogens with one attached hydrogen (secondary N) is 1. The van der Waals surface area contributed by atoms with E-state index in [0.29, 0.717) is 18.6 Å². The van der Waals surface area contributed by atoms with Gasteiger partial charge < -0.3 is 20.5 Å². The first-order valence-corrected chi connectivity index (χ1v) is 5.89. The Morgan fingerprint density at radius 2 is 2.33 bits per heavy atom. The normalized spacial score (nSPS) is 41.2. The molecule has 15 heavy (non-hydrogen) atoms. The van der Waals surface area contributed by atoms with E-state index in [9.17, 15) is 0 Å². The van der Waals surface area contributed by atoms with Crippen LogP contribution in [0.25, 0.3) is 0 Å². The molecule has 2 aliphatic heterocycles. The zero-order valence-electron chi connectivity index (χ0n) is 9.50. The van der Waals surface area contributed by atoms with Crippen LogP contribution in [0, 0.1) is 5.92 Å². The van der Waals surface area contributed by atoms with Crippen molar-refractivity contribution in [2.24, 2.45) is 11.7 Å². The molecule has 3 N–H and O–H groups in total. The Labute approximate surface area is 91.5 Å². The molecule has 0 aromatic heterocycles. The van der Waals surface area contributed by atoms with Gasteiger partial charge in [0.1, 0.15) is 0 Å². The molecule has 3 unspecified atom stereocenters. The topological polar surface area (TPSA) is 56.5 Å². The van der Waals surface area contributed by atoms with Crippen molar-refractivity contribution in [3.05, 3.63) is 0 Å². The van der Waals surface area contributed by atoms with E-state index >= 15 is 0 Å². The first-order chi connectivity index (χ1) is 7.20. The lowest BCUT2D eigenvalue weighted by atomic mass is 9.99. The first kappa shape index (κ1) is 11.3. The van der Waals surface area contributed by atoms with Gasteiger partial charge in [0.15, 0.2) is 0 Å². The highest BCUT2D eigenvalue weighted by molar-refractivity contribution is 4.90. The van der Waals surface area contributed by atoms with Gasteiger partial charge >= 0.3 is 0 Å². The van der Waals surface area contributed by atoms with Crippen LogP contribution in [0.2, 0.25) is 0 Å². The van der Waals surface area contributed by atoms with Crippen molar-refractivity contribution >= 4 is 0 Å². The molecule has 4 heteroatoms. The molecule has 4 nitrogen and oxygen atoms in total. The van der Waals surface area contributed by atoms with Gasteiger partial charge in [-0.1, -0.05) is 0 Å². The lowest BCUT2D eigenvalue weighted by molar-refractivity contribution is 0.105. The molecular formula is C11H22N2O2. The molecule has 0 spiro atoms. The van der Waals surface area contributed by atoms with Crippen LogP contribution in [0.1, 0.15) is 19.8 Å². The molecule has 0 aromatic carbocycles. The van der Waals surface area contributed by atoms with Gasteiger partial charge in [0.05, 0.1) is 18.2 Å². The summed E-state index contributed by atoms with van der Waals surface area (Å²) in [5.74, 6) is 0.649. The zero-order valence-corrected chi connectivity index (χ0v) is 9.50. The lowest BCUT2D eigenvalue weighted by Gasteiger charge is -2.24. The Hall–Kier alpha value is -0.160. The van der Waals surface area contributed by atoms with Gasteiger partial charge in [-0.25, -0.2) is 0 Å². The van der Waals surface area contributed by atoms with Crippen LogP contribution in [0.5, 0.6) is 0 Å². The summed E-state index contributed by atoms with van der Waals surface area (Å²) < 4.78 is 10.8. The van der Waals surface area contributed by atoms with E-state index in [1.54, 1.807) is 0 Å². The highest BCUT2D eigenvalue weighted by Crippen LogP contribution is 2.20. The molecule has 2 rings (SSSR count). The summed E-state index contributed by atoms with van der Waals surface area (Å²) in [7, 11) is 0. The second-order valence-electron chi connectivity index (χ2n) is 4.92. The van der Waals surface area contributed by atoms with Crippen molar-refractivity contribution in [3.8, 4) is 0 Å². The van der Waals surface area contributed by atoms with E-state index in [1.807, 2.05) is 0 Å². The monoisotopic (exact) mass is 214 g/mol. The van der Waals surface area contributed by atoms with E-state index in [2.05, 4.69) is 12.2 Å². The molecule has 2 fully saturated rings. The Balaban J connectivity index is 1.65. The minimum Gasteiger partial charge on any atom is -0.379 e. The van der Waals surface area contributed by atoms with E-state index in [-0.39, 0.29) is 5.54 Å². The third-order valence-electron chi connectivity index (χ3n) is 3.55. The summed E-state index contributed by atoms with van der Waals surface area (Å²) in [4.78, 5) is 0. The molecule has 0 radical (unpaired) electrons. The van der Waals surface area contributed by atoms with Crippen molar-refractivity contribution < 1.29 is 9.47 Å². The van der Waals surface area contributed by atoms with Crippen LogP contribution >= 0.6 is 0 Å². The van der Waals surface area contributed by atoms with Gasteiger partial charge in [0, 0.05) is 26.3 Å². The first-order valence-electron chi connectivity index (χ1n) is 5.89. The van der Waals surface area contributed by atoms with Crippen molar-refractivity contribution in [3.63, 3.8) is 0 Å². The number of ether oxygens (including phenoxy) is 2. The van der Waals surface area contributed by atoms with Crippen LogP contribution in [0.3, 0.4) is 0 Å². The molecule has 2 saturated heterocycles. The van der Waals surface area contributed by atoms with Crippen LogP contribution in [-0.2, 0) is 9.47 Å². The SMILES string of the molecule is CC1OCCC1CNCC1(N)CCOC1. The fourth-order valence-corrected chi connectivity index (χ4v) is 2.31. The lowest BCUT2D eigenvalue weighted by Crippen LogP contribution is -2.50. The predicted molar refractivity (Wildman–Crippen MR) is 58.7 cm³/mol. The molecule has 2 aliphatic rings. The third-order valence-corrected chi connectivity index (χ3v) is 3.55. The zero-order chi connectivity index (χ0) is 10.7. The van der Waals surface area contributed by atoms with Crippen molar-refractivity contribution in [2.45, 2.75) is 31.4 Å². The molecule has 0 aromatic rings. The van der Waals surface area contributed by atoms with Crippen molar-refractivity contribution in [1.29, 1.82) is 0 Å². The summed E-state index contributed by atoms with van der Waals surface area (Å²) in [6, 6.07) is 0. The average Bonchev–Trinajstić information content (AvgIpc) is 2.78. The standard InChI is InChI=1S/C11H22N2O2/c1-9-10(2-4-15-9)6-13-7-11(12)3-5-14-8-11/h9-10,13H,2-8,12H2,1H3. The Morgan fingerprint density at radius 3 is 2.93 bits per heavy atom. The number of rotatable bonds is 4. The van der Waals surface area contributed by atoms with Crippen LogP contribution < -0.4 is 11.1 Å². The predicted octanol–water partition coefficient (Wildman–Crippen LogP) is 0.119. The number of hydrogen-bond acceptors (Lipinski definition) is 4. The number of nitrogens with two attached hydrogens (primary N) is 1. The average molecular weight is 214 g/mol. The quantitative estimate of drug-likeness (QED) is 0.698. The van der Waals surface area contributed by atoms with Crippen LogP contribution in [0.4, 0.5) is 0 Å². The maximum absolute atomic E-state index is 6.16. The maximum atomic E-state index is 6.16. The molecule has 0 aliphatic carbocycles. The molecule has 88 valence electrons. The fourth-order valence-electron chi connectivity index (χ4n) is 2.31. The second kappa shape index (κ2) is 4.78. The van der Waals surface area contributed by atoms with Gasteiger partial charge in [0.2, 0.25) is 0 Å². The minimum atomic E-state index is -0.136. The van der Waals surface area contributed by atoms with Gasteiger partial charge in [0.25, 0.3) is 0 Å². The number of hydrogen-bond donors (Lipinski definition) is 2. The Kier molecular flexibility index (Phi) is 3.61. The van der Waals surface area contributed by atoms with E-state index in [4.69, 9.17) is 15.2 Å². The maximum Gasteiger partial charge on any atom is 0.0659 e. The second-order valence-corrected chi connectivity index (χ2v) is 4.92. The smallest absolute Gasteiger partial charge is 0.0659 e. The summed E-state index contributed by atoms with van der Waals surface area (Å²) in [5, 5.41) is 3.46. The molecule has 0 amide bonds. The van der Waals surface area contributed by atoms with E-state index < -0.39 is 0 Å². The van der Waals surface area contributed by atoms with Gasteiger partial charge in [-0.2, -0.15) is 0 Å². The molecule has 2 heterocycles. The van der Waals surface area contributed by atoms with Crippen molar-refractivity contribution in [1.82, 2.24) is 5.32 Å². The van der Waals surface area contributed by atoms with Crippen LogP contribution in [-0.4, -0.2) is 44.6 Å². The Morgan fingerprint density at radius 1 is 1.47 bits per heavy atom. The minimum absolute atomic E-state index is 0.136. The Bertz CT molecular complexity index is 205. The summed E-state index contributed by atoms with van der Waals surface area (Å²) in [6.07, 6.45) is 2.53. The summed E-state index contributed by atoms with van der Waals surface area (Å²) in [6.45, 7) is 6.43. The van der Waals surface area contributed by atoms with Gasteiger partial charge in [-0.15, -0.1) is 0 Å². The van der Waals surface area contributed by atoms with E-state index in [1.165, 1.54) is 6.42 Å².